The van der Waals surface area contributed by atoms with E-state index in [-0.39, 0.29) is 4.99 Å². The predicted molar refractivity (Wildman–Crippen MR) is 83.6 cm³/mol. The average molecular weight is 327 g/mol. The number of nitrogens with one attached hydrogen (secondary N) is 1. The summed E-state index contributed by atoms with van der Waals surface area (Å²) in [6, 6.07) is 13.0. The second-order valence-corrected chi connectivity index (χ2v) is 7.08. The third-order valence-electron chi connectivity index (χ3n) is 2.70. The molecule has 8 heteroatoms. The van der Waals surface area contributed by atoms with Crippen LogP contribution in [-0.2, 0) is 9.13 Å². The Kier molecular flexibility index (Phi) is 4.86. The van der Waals surface area contributed by atoms with Crippen molar-refractivity contribution in [1.29, 1.82) is 0 Å². The molecule has 0 aliphatic rings. The van der Waals surface area contributed by atoms with Gasteiger partial charge in [0.1, 0.15) is 0 Å². The molecule has 0 heterocycles. The molecule has 2 atom stereocenters. The van der Waals surface area contributed by atoms with E-state index in [1.54, 1.807) is 12.1 Å². The van der Waals surface area contributed by atoms with Gasteiger partial charge in [0.05, 0.1) is 0 Å². The Bertz CT molecular complexity index is 687. The largest absolute Gasteiger partial charge is 0.572 e. The number of hydrogen-bond acceptors (Lipinski definition) is 3. The Balaban J connectivity index is 2.35. The molecule has 0 fully saturated rings. The molecule has 5 nitrogen and oxygen atoms in total. The molecule has 0 amide bonds. The molecule has 0 aliphatic carbocycles. The second-order valence-electron chi connectivity index (χ2n) is 3.99. The first-order valence-electron chi connectivity index (χ1n) is 5.60. The molecular formula is C12H11NO4P2S+2. The van der Waals surface area contributed by atoms with E-state index in [9.17, 15) is 9.13 Å². The molecule has 0 saturated carbocycles. The van der Waals surface area contributed by atoms with Gasteiger partial charge in [-0.2, -0.15) is 9.79 Å². The Morgan fingerprint density at radius 1 is 1.05 bits per heavy atom. The number of anilines is 1. The molecule has 0 aromatic heterocycles. The van der Waals surface area contributed by atoms with Crippen LogP contribution in [0.25, 0.3) is 10.8 Å². The zero-order chi connectivity index (χ0) is 14.7. The molecule has 2 aromatic rings. The highest BCUT2D eigenvalue weighted by Crippen LogP contribution is 2.41. The summed E-state index contributed by atoms with van der Waals surface area (Å²) in [6.07, 6.45) is 0. The van der Waals surface area contributed by atoms with E-state index in [1.165, 1.54) is 0 Å². The Hall–Kier alpha value is -1.29. The summed E-state index contributed by atoms with van der Waals surface area (Å²) in [5.41, 5.74) is 0.631. The standard InChI is InChI=1S/C12H9NO4P2S/c14-18(15)12(19(16)17)11(20)13-10-7-3-5-8-4-1-2-6-9(8)10/h1-7,12H,(H-2,13,14,15,16,17,20)/p+2. The SMILES string of the molecule is O=[P+](O)C(C(=S)Nc1cccc2ccccc12)[P+](=O)O. The van der Waals surface area contributed by atoms with Crippen LogP contribution in [0.3, 0.4) is 0 Å². The summed E-state index contributed by atoms with van der Waals surface area (Å²) >= 11 is 4.97. The fourth-order valence-electron chi connectivity index (χ4n) is 1.82. The molecule has 0 radical (unpaired) electrons. The first kappa shape index (κ1) is 15.1. The maximum Gasteiger partial charge on any atom is 0.572 e. The lowest BCUT2D eigenvalue weighted by Crippen LogP contribution is -2.20. The van der Waals surface area contributed by atoms with Gasteiger partial charge in [0, 0.05) is 11.1 Å². The number of fused-ring (bicyclic) bond motifs is 1. The molecule has 3 N–H and O–H groups in total. The zero-order valence-corrected chi connectivity index (χ0v) is 12.7. The van der Waals surface area contributed by atoms with E-state index < -0.39 is 21.5 Å². The van der Waals surface area contributed by atoms with Crippen LogP contribution >= 0.6 is 28.3 Å². The number of benzene rings is 2. The van der Waals surface area contributed by atoms with Gasteiger partial charge in [-0.15, -0.1) is 0 Å². The summed E-state index contributed by atoms with van der Waals surface area (Å²) in [4.78, 5) is 18.0. The van der Waals surface area contributed by atoms with E-state index in [4.69, 9.17) is 22.0 Å². The van der Waals surface area contributed by atoms with Crippen molar-refractivity contribution in [3.05, 3.63) is 42.5 Å². The van der Waals surface area contributed by atoms with Crippen molar-refractivity contribution in [2.45, 2.75) is 5.40 Å². The first-order chi connectivity index (χ1) is 9.50. The van der Waals surface area contributed by atoms with Crippen LogP contribution in [0.4, 0.5) is 5.69 Å². The van der Waals surface area contributed by atoms with Crippen LogP contribution in [0.5, 0.6) is 0 Å². The Morgan fingerprint density at radius 3 is 2.30 bits per heavy atom. The average Bonchev–Trinajstić information content (AvgIpc) is 2.38. The van der Waals surface area contributed by atoms with E-state index in [2.05, 4.69) is 5.32 Å². The van der Waals surface area contributed by atoms with Crippen molar-refractivity contribution >= 4 is 49.7 Å². The van der Waals surface area contributed by atoms with Crippen LogP contribution in [0, 0.1) is 0 Å². The third kappa shape index (κ3) is 3.23. The summed E-state index contributed by atoms with van der Waals surface area (Å²) < 4.78 is 22.2. The van der Waals surface area contributed by atoms with E-state index in [0.717, 1.165) is 10.8 Å². The van der Waals surface area contributed by atoms with Gasteiger partial charge in [0.15, 0.2) is 4.99 Å². The monoisotopic (exact) mass is 327 g/mol. The number of thiocarbonyl (C=S) groups is 1. The Labute approximate surface area is 122 Å². The van der Waals surface area contributed by atoms with Gasteiger partial charge in [0.2, 0.25) is 0 Å². The van der Waals surface area contributed by atoms with E-state index in [1.807, 2.05) is 30.3 Å². The van der Waals surface area contributed by atoms with Gasteiger partial charge >= 0.3 is 21.5 Å². The summed E-state index contributed by atoms with van der Waals surface area (Å²) in [5, 5.41) is 3.17. The molecule has 2 aromatic carbocycles. The fraction of sp³-hybridized carbons (Fsp3) is 0.0833. The molecule has 0 bridgehead atoms. The van der Waals surface area contributed by atoms with Gasteiger partial charge in [-0.05, 0) is 20.6 Å². The molecule has 20 heavy (non-hydrogen) atoms. The quantitative estimate of drug-likeness (QED) is 0.589. The van der Waals surface area contributed by atoms with Crippen molar-refractivity contribution in [2.24, 2.45) is 0 Å². The van der Waals surface area contributed by atoms with Crippen molar-refractivity contribution < 1.29 is 18.9 Å². The predicted octanol–water partition coefficient (Wildman–Crippen LogP) is 3.37. The first-order valence-corrected chi connectivity index (χ1v) is 8.57. The lowest BCUT2D eigenvalue weighted by Gasteiger charge is -2.08. The van der Waals surface area contributed by atoms with Crippen molar-refractivity contribution in [1.82, 2.24) is 0 Å². The van der Waals surface area contributed by atoms with Crippen molar-refractivity contribution in [3.8, 4) is 0 Å². The summed E-state index contributed by atoms with van der Waals surface area (Å²) in [6.45, 7) is 0. The van der Waals surface area contributed by atoms with Crippen molar-refractivity contribution in [2.75, 3.05) is 5.32 Å². The fourth-order valence-corrected chi connectivity index (χ4v) is 3.67. The van der Waals surface area contributed by atoms with E-state index in [0.29, 0.717) is 5.69 Å². The highest BCUT2D eigenvalue weighted by Gasteiger charge is 2.51. The highest BCUT2D eigenvalue weighted by molar-refractivity contribution is 7.83. The van der Waals surface area contributed by atoms with Gasteiger partial charge < -0.3 is 5.32 Å². The number of hydrogen-bond donors (Lipinski definition) is 3. The second kappa shape index (κ2) is 6.44. The highest BCUT2D eigenvalue weighted by atomic mass is 32.1. The molecule has 102 valence electrons. The molecule has 2 rings (SSSR count). The smallest absolute Gasteiger partial charge is 0.342 e. The van der Waals surface area contributed by atoms with Crippen molar-refractivity contribution in [3.63, 3.8) is 0 Å². The maximum atomic E-state index is 11.1. The molecule has 0 spiro atoms. The van der Waals surface area contributed by atoms with Crippen LogP contribution in [0.1, 0.15) is 0 Å². The van der Waals surface area contributed by atoms with Gasteiger partial charge in [-0.25, -0.2) is 0 Å². The number of rotatable bonds is 4. The van der Waals surface area contributed by atoms with Crippen LogP contribution in [-0.4, -0.2) is 20.2 Å². The van der Waals surface area contributed by atoms with Gasteiger partial charge in [-0.3, -0.25) is 0 Å². The molecule has 0 aliphatic heterocycles. The van der Waals surface area contributed by atoms with Crippen LogP contribution in [0.15, 0.2) is 42.5 Å². The molecule has 0 saturated heterocycles. The zero-order valence-electron chi connectivity index (χ0n) is 10.1. The topological polar surface area (TPSA) is 86.6 Å². The minimum absolute atomic E-state index is 0.117. The van der Waals surface area contributed by atoms with Crippen LogP contribution < -0.4 is 5.32 Å². The summed E-state index contributed by atoms with van der Waals surface area (Å²) in [7, 11) is -5.74. The maximum absolute atomic E-state index is 11.1. The molecular weight excluding hydrogens is 316 g/mol. The Morgan fingerprint density at radius 2 is 1.65 bits per heavy atom. The lowest BCUT2D eigenvalue weighted by atomic mass is 10.1. The third-order valence-corrected chi connectivity index (χ3v) is 5.93. The van der Waals surface area contributed by atoms with Gasteiger partial charge in [-0.1, -0.05) is 48.6 Å². The van der Waals surface area contributed by atoms with E-state index >= 15 is 0 Å². The van der Waals surface area contributed by atoms with Gasteiger partial charge in [0.25, 0.3) is 0 Å². The normalized spacial score (nSPS) is 13.7. The minimum Gasteiger partial charge on any atom is -0.342 e. The minimum atomic E-state index is -2.87. The molecule has 2 unspecified atom stereocenters. The lowest BCUT2D eigenvalue weighted by molar-refractivity contribution is 0.488. The van der Waals surface area contributed by atoms with Crippen LogP contribution in [0.2, 0.25) is 0 Å². The summed E-state index contributed by atoms with van der Waals surface area (Å²) in [5.74, 6) is 0.